The highest BCUT2D eigenvalue weighted by Crippen LogP contribution is 2.31. The quantitative estimate of drug-likeness (QED) is 0.696. The van der Waals surface area contributed by atoms with Crippen molar-refractivity contribution in [3.63, 3.8) is 0 Å². The number of para-hydroxylation sites is 1. The molecule has 1 amide bonds. The van der Waals surface area contributed by atoms with E-state index in [1.807, 2.05) is 31.2 Å². The molecule has 1 aliphatic heterocycles. The van der Waals surface area contributed by atoms with Gasteiger partial charge in [0.15, 0.2) is 5.82 Å². The zero-order valence-electron chi connectivity index (χ0n) is 16.1. The maximum atomic E-state index is 14.5. The third-order valence-corrected chi connectivity index (χ3v) is 5.31. The number of halogens is 2. The SMILES string of the molecule is Cc1ccccc1NC(=O)c1cnn(-c2ccc(F)cc2F)c1C1CCNCC1. The number of amides is 1. The van der Waals surface area contributed by atoms with Gasteiger partial charge < -0.3 is 10.6 Å². The van der Waals surface area contributed by atoms with Gasteiger partial charge in [-0.25, -0.2) is 13.5 Å². The van der Waals surface area contributed by atoms with Gasteiger partial charge in [0.25, 0.3) is 5.91 Å². The van der Waals surface area contributed by atoms with E-state index in [-0.39, 0.29) is 17.5 Å². The van der Waals surface area contributed by atoms with Gasteiger partial charge in [-0.1, -0.05) is 18.2 Å². The van der Waals surface area contributed by atoms with E-state index in [0.717, 1.165) is 43.2 Å². The van der Waals surface area contributed by atoms with Crippen LogP contribution in [0, 0.1) is 18.6 Å². The first-order valence-corrected chi connectivity index (χ1v) is 9.65. The molecule has 2 N–H and O–H groups in total. The van der Waals surface area contributed by atoms with E-state index in [1.54, 1.807) is 0 Å². The highest BCUT2D eigenvalue weighted by Gasteiger charge is 2.28. The molecule has 0 unspecified atom stereocenters. The number of aromatic nitrogens is 2. The molecule has 0 aliphatic carbocycles. The number of piperidine rings is 1. The van der Waals surface area contributed by atoms with Gasteiger partial charge in [-0.3, -0.25) is 4.79 Å². The van der Waals surface area contributed by atoms with Crippen LogP contribution in [0.2, 0.25) is 0 Å². The second kappa shape index (κ2) is 8.13. The van der Waals surface area contributed by atoms with E-state index in [2.05, 4.69) is 15.7 Å². The molecule has 0 bridgehead atoms. The third-order valence-electron chi connectivity index (χ3n) is 5.31. The molecular formula is C22H22F2N4O. The highest BCUT2D eigenvalue weighted by atomic mass is 19.1. The van der Waals surface area contributed by atoms with Crippen LogP contribution in [-0.2, 0) is 0 Å². The summed E-state index contributed by atoms with van der Waals surface area (Å²) in [5.74, 6) is -1.61. The molecule has 1 fully saturated rings. The molecule has 7 heteroatoms. The second-order valence-corrected chi connectivity index (χ2v) is 7.24. The number of nitrogens with one attached hydrogen (secondary N) is 2. The van der Waals surface area contributed by atoms with Crippen molar-refractivity contribution in [1.82, 2.24) is 15.1 Å². The summed E-state index contributed by atoms with van der Waals surface area (Å²) in [6, 6.07) is 10.9. The number of benzene rings is 2. The summed E-state index contributed by atoms with van der Waals surface area (Å²) in [6.45, 7) is 3.53. The predicted octanol–water partition coefficient (Wildman–Crippen LogP) is 4.18. The van der Waals surface area contributed by atoms with Crippen molar-refractivity contribution in [1.29, 1.82) is 0 Å². The molecule has 2 aromatic carbocycles. The lowest BCUT2D eigenvalue weighted by Crippen LogP contribution is -2.29. The standard InChI is InChI=1S/C22H22F2N4O/c1-14-4-2-3-5-19(14)27-22(29)17-13-26-28(20-7-6-16(23)12-18(20)24)21(17)15-8-10-25-11-9-15/h2-7,12-13,15,25H,8-11H2,1H3,(H,27,29). The van der Waals surface area contributed by atoms with E-state index >= 15 is 0 Å². The van der Waals surface area contributed by atoms with Crippen molar-refractivity contribution in [3.8, 4) is 5.69 Å². The normalized spacial score (nSPS) is 14.7. The first-order valence-electron chi connectivity index (χ1n) is 9.65. The number of hydrogen-bond acceptors (Lipinski definition) is 3. The molecule has 0 spiro atoms. The van der Waals surface area contributed by atoms with Crippen LogP contribution < -0.4 is 10.6 Å². The van der Waals surface area contributed by atoms with Crippen LogP contribution in [0.25, 0.3) is 5.69 Å². The van der Waals surface area contributed by atoms with Gasteiger partial charge in [-0.05, 0) is 56.6 Å². The average Bonchev–Trinajstić information content (AvgIpc) is 3.15. The van der Waals surface area contributed by atoms with Crippen LogP contribution in [-0.4, -0.2) is 28.8 Å². The van der Waals surface area contributed by atoms with Crippen molar-refractivity contribution in [3.05, 3.63) is 77.1 Å². The summed E-state index contributed by atoms with van der Waals surface area (Å²) in [6.07, 6.45) is 3.08. The summed E-state index contributed by atoms with van der Waals surface area (Å²) in [5.41, 5.74) is 2.86. The molecule has 1 aliphatic rings. The Balaban J connectivity index is 1.76. The van der Waals surface area contributed by atoms with Gasteiger partial charge >= 0.3 is 0 Å². The molecular weight excluding hydrogens is 374 g/mol. The largest absolute Gasteiger partial charge is 0.322 e. The zero-order valence-corrected chi connectivity index (χ0v) is 16.1. The van der Waals surface area contributed by atoms with Crippen LogP contribution in [0.5, 0.6) is 0 Å². The number of nitrogens with zero attached hydrogens (tertiary/aromatic N) is 2. The number of rotatable bonds is 4. The minimum absolute atomic E-state index is 0.0424. The van der Waals surface area contributed by atoms with Crippen LogP contribution in [0.4, 0.5) is 14.5 Å². The Kier molecular flexibility index (Phi) is 5.40. The van der Waals surface area contributed by atoms with Gasteiger partial charge in [0.2, 0.25) is 0 Å². The molecule has 1 saturated heterocycles. The van der Waals surface area contributed by atoms with Gasteiger partial charge in [-0.15, -0.1) is 0 Å². The lowest BCUT2D eigenvalue weighted by atomic mass is 9.91. The third kappa shape index (κ3) is 3.91. The second-order valence-electron chi connectivity index (χ2n) is 7.24. The Bertz CT molecular complexity index is 1040. The Morgan fingerprint density at radius 1 is 1.17 bits per heavy atom. The number of anilines is 1. The lowest BCUT2D eigenvalue weighted by Gasteiger charge is -2.25. The van der Waals surface area contributed by atoms with Crippen LogP contribution in [0.3, 0.4) is 0 Å². The van der Waals surface area contributed by atoms with Gasteiger partial charge in [0.05, 0.1) is 17.5 Å². The molecule has 0 atom stereocenters. The van der Waals surface area contributed by atoms with Crippen LogP contribution in [0.15, 0.2) is 48.7 Å². The number of carbonyl (C=O) groups is 1. The monoisotopic (exact) mass is 396 g/mol. The van der Waals surface area contributed by atoms with Crippen molar-refractivity contribution < 1.29 is 13.6 Å². The summed E-state index contributed by atoms with van der Waals surface area (Å²) in [4.78, 5) is 13.1. The van der Waals surface area contributed by atoms with Crippen molar-refractivity contribution in [2.75, 3.05) is 18.4 Å². The van der Waals surface area contributed by atoms with E-state index in [4.69, 9.17) is 0 Å². The van der Waals surface area contributed by atoms with E-state index < -0.39 is 11.6 Å². The Morgan fingerprint density at radius 2 is 1.93 bits per heavy atom. The van der Waals surface area contributed by atoms with Gasteiger partial charge in [0, 0.05) is 17.7 Å². The number of aryl methyl sites for hydroxylation is 1. The smallest absolute Gasteiger partial charge is 0.259 e. The minimum atomic E-state index is -0.714. The molecule has 0 radical (unpaired) electrons. The molecule has 4 rings (SSSR count). The Morgan fingerprint density at radius 3 is 2.66 bits per heavy atom. The summed E-state index contributed by atoms with van der Waals surface area (Å²) in [5, 5.41) is 10.5. The van der Waals surface area contributed by atoms with Crippen LogP contribution in [0.1, 0.15) is 40.4 Å². The fraction of sp³-hybridized carbons (Fsp3) is 0.273. The molecule has 0 saturated carbocycles. The fourth-order valence-electron chi connectivity index (χ4n) is 3.77. The molecule has 2 heterocycles. The van der Waals surface area contributed by atoms with Gasteiger partial charge in [-0.2, -0.15) is 5.10 Å². The average molecular weight is 396 g/mol. The Labute approximate surface area is 167 Å². The van der Waals surface area contributed by atoms with Crippen molar-refractivity contribution in [2.45, 2.75) is 25.7 Å². The molecule has 5 nitrogen and oxygen atoms in total. The summed E-state index contributed by atoms with van der Waals surface area (Å²) in [7, 11) is 0. The molecule has 1 aromatic heterocycles. The predicted molar refractivity (Wildman–Crippen MR) is 107 cm³/mol. The summed E-state index contributed by atoms with van der Waals surface area (Å²) >= 11 is 0. The van der Waals surface area contributed by atoms with Crippen molar-refractivity contribution >= 4 is 11.6 Å². The van der Waals surface area contributed by atoms with Gasteiger partial charge in [0.1, 0.15) is 11.5 Å². The topological polar surface area (TPSA) is 59.0 Å². The minimum Gasteiger partial charge on any atom is -0.322 e. The maximum absolute atomic E-state index is 14.5. The Hall–Kier alpha value is -3.06. The first-order chi connectivity index (χ1) is 14.0. The highest BCUT2D eigenvalue weighted by molar-refractivity contribution is 6.05. The molecule has 29 heavy (non-hydrogen) atoms. The summed E-state index contributed by atoms with van der Waals surface area (Å²) < 4.78 is 29.3. The van der Waals surface area contributed by atoms with Crippen molar-refractivity contribution in [2.24, 2.45) is 0 Å². The molecule has 3 aromatic rings. The number of hydrogen-bond donors (Lipinski definition) is 2. The fourth-order valence-corrected chi connectivity index (χ4v) is 3.77. The molecule has 150 valence electrons. The number of carbonyl (C=O) groups excluding carboxylic acids is 1. The lowest BCUT2D eigenvalue weighted by molar-refractivity contribution is 0.102. The first kappa shape index (κ1) is 19.3. The zero-order chi connectivity index (χ0) is 20.4. The van der Waals surface area contributed by atoms with Crippen LogP contribution >= 0.6 is 0 Å². The maximum Gasteiger partial charge on any atom is 0.259 e. The van der Waals surface area contributed by atoms with E-state index in [0.29, 0.717) is 11.3 Å². The van der Waals surface area contributed by atoms with E-state index in [9.17, 15) is 13.6 Å². The van der Waals surface area contributed by atoms with E-state index in [1.165, 1.54) is 23.0 Å².